The van der Waals surface area contributed by atoms with Gasteiger partial charge in [0.2, 0.25) is 0 Å². The molecular weight excluding hydrogens is 165 g/mol. The topological polar surface area (TPSA) is 83.6 Å². The van der Waals surface area contributed by atoms with Gasteiger partial charge in [0.15, 0.2) is 0 Å². The van der Waals surface area contributed by atoms with E-state index < -0.39 is 12.8 Å². The molecule has 0 fully saturated rings. The Morgan fingerprint density at radius 1 is 1.36 bits per heavy atom. The molecule has 0 rings (SSSR count). The zero-order chi connectivity index (χ0) is 9.12. The summed E-state index contributed by atoms with van der Waals surface area (Å²) in [7, 11) is -4.03. The molecule has 11 heavy (non-hydrogen) atoms. The van der Waals surface area contributed by atoms with E-state index in [0.717, 1.165) is 0 Å². The molecule has 0 radical (unpaired) electrons. The van der Waals surface area contributed by atoms with E-state index >= 15 is 0 Å². The average molecular weight is 181 g/mol. The number of hydrogen-bond donors (Lipinski definition) is 3. The van der Waals surface area contributed by atoms with Gasteiger partial charge in [-0.1, -0.05) is 13.8 Å². The van der Waals surface area contributed by atoms with Crippen molar-refractivity contribution in [3.63, 3.8) is 0 Å². The van der Waals surface area contributed by atoms with Crippen LogP contribution in [0.1, 0.15) is 26.7 Å². The zero-order valence-electron chi connectivity index (χ0n) is 6.95. The van der Waals surface area contributed by atoms with Crippen LogP contribution >= 0.6 is 7.60 Å². The molecule has 4 nitrogen and oxygen atoms in total. The molecule has 5 heteroatoms. The van der Waals surface area contributed by atoms with Gasteiger partial charge >= 0.3 is 7.60 Å². The van der Waals surface area contributed by atoms with Crippen molar-refractivity contribution >= 4 is 7.60 Å². The molecule has 0 aromatic carbocycles. The van der Waals surface area contributed by atoms with E-state index in [1.807, 2.05) is 0 Å². The SMILES string of the molecule is CCC(CC)(CN)P(=O)(O)O. The van der Waals surface area contributed by atoms with Crippen LogP contribution in [0.3, 0.4) is 0 Å². The summed E-state index contributed by atoms with van der Waals surface area (Å²) >= 11 is 0. The third-order valence-electron chi connectivity index (χ3n) is 2.31. The lowest BCUT2D eigenvalue weighted by Crippen LogP contribution is -2.36. The number of rotatable bonds is 4. The second kappa shape index (κ2) is 3.68. The van der Waals surface area contributed by atoms with E-state index in [4.69, 9.17) is 15.5 Å². The summed E-state index contributed by atoms with van der Waals surface area (Å²) in [5.74, 6) is 0. The minimum atomic E-state index is -4.03. The minimum absolute atomic E-state index is 0.0459. The molecule has 0 amide bonds. The van der Waals surface area contributed by atoms with Crippen LogP contribution in [0.25, 0.3) is 0 Å². The van der Waals surface area contributed by atoms with Crippen molar-refractivity contribution in [2.75, 3.05) is 6.54 Å². The molecule has 0 aromatic heterocycles. The lowest BCUT2D eigenvalue weighted by atomic mass is 10.0. The van der Waals surface area contributed by atoms with Gasteiger partial charge in [-0.3, -0.25) is 4.57 Å². The van der Waals surface area contributed by atoms with Crippen molar-refractivity contribution < 1.29 is 14.4 Å². The molecule has 0 aromatic rings. The fourth-order valence-electron chi connectivity index (χ4n) is 1.07. The van der Waals surface area contributed by atoms with Crippen LogP contribution in [0.4, 0.5) is 0 Å². The zero-order valence-corrected chi connectivity index (χ0v) is 7.84. The monoisotopic (exact) mass is 181 g/mol. The first-order valence-corrected chi connectivity index (χ1v) is 5.30. The first-order chi connectivity index (χ1) is 4.93. The first-order valence-electron chi connectivity index (χ1n) is 3.69. The summed E-state index contributed by atoms with van der Waals surface area (Å²) in [5, 5.41) is -0.993. The van der Waals surface area contributed by atoms with Crippen molar-refractivity contribution in [1.82, 2.24) is 0 Å². The second-order valence-corrected chi connectivity index (χ2v) is 4.72. The molecule has 0 saturated heterocycles. The molecule has 0 heterocycles. The molecule has 68 valence electrons. The maximum atomic E-state index is 11.0. The molecule has 0 spiro atoms. The van der Waals surface area contributed by atoms with Gasteiger partial charge in [0.05, 0.1) is 5.16 Å². The van der Waals surface area contributed by atoms with Crippen LogP contribution in [-0.2, 0) is 4.57 Å². The number of nitrogens with two attached hydrogens (primary N) is 1. The molecule has 0 saturated carbocycles. The Morgan fingerprint density at radius 2 is 1.73 bits per heavy atom. The number of hydrogen-bond acceptors (Lipinski definition) is 2. The summed E-state index contributed by atoms with van der Waals surface area (Å²) in [6, 6.07) is 0. The molecule has 0 bridgehead atoms. The van der Waals surface area contributed by atoms with Crippen LogP contribution < -0.4 is 5.73 Å². The highest BCUT2D eigenvalue weighted by atomic mass is 31.2. The quantitative estimate of drug-likeness (QED) is 0.557. The summed E-state index contributed by atoms with van der Waals surface area (Å²) in [6.45, 7) is 3.54. The Labute approximate surface area is 67.0 Å². The lowest BCUT2D eigenvalue weighted by molar-refractivity contribution is 0.316. The maximum absolute atomic E-state index is 11.0. The van der Waals surface area contributed by atoms with E-state index in [2.05, 4.69) is 0 Å². The molecule has 0 atom stereocenters. The Hall–Kier alpha value is 0.110. The highest BCUT2D eigenvalue weighted by molar-refractivity contribution is 7.53. The predicted octanol–water partition coefficient (Wildman–Crippen LogP) is 0.682. The highest BCUT2D eigenvalue weighted by Gasteiger charge is 2.42. The van der Waals surface area contributed by atoms with Crippen molar-refractivity contribution in [2.45, 2.75) is 31.8 Å². The van der Waals surface area contributed by atoms with Crippen LogP contribution in [0, 0.1) is 0 Å². The van der Waals surface area contributed by atoms with Crippen molar-refractivity contribution in [2.24, 2.45) is 5.73 Å². The van der Waals surface area contributed by atoms with Gasteiger partial charge in [0.1, 0.15) is 0 Å². The van der Waals surface area contributed by atoms with Crippen LogP contribution in [0.2, 0.25) is 0 Å². The van der Waals surface area contributed by atoms with E-state index in [1.165, 1.54) is 0 Å². The minimum Gasteiger partial charge on any atom is -0.329 e. The standard InChI is InChI=1S/C6H16NO3P/c1-3-6(4-2,5-7)11(8,9)10/h3-5,7H2,1-2H3,(H2,8,9,10). The molecule has 0 aliphatic heterocycles. The third kappa shape index (κ3) is 2.03. The van der Waals surface area contributed by atoms with Gasteiger partial charge in [-0.2, -0.15) is 0 Å². The van der Waals surface area contributed by atoms with Gasteiger partial charge in [0.25, 0.3) is 0 Å². The largest absolute Gasteiger partial charge is 0.332 e. The fraction of sp³-hybridized carbons (Fsp3) is 1.00. The first kappa shape index (κ1) is 11.1. The Balaban J connectivity index is 4.70. The summed E-state index contributed by atoms with van der Waals surface area (Å²) in [5.41, 5.74) is 5.32. The summed E-state index contributed by atoms with van der Waals surface area (Å²) < 4.78 is 11.0. The Bertz CT molecular complexity index is 153. The van der Waals surface area contributed by atoms with Gasteiger partial charge in [-0.05, 0) is 12.8 Å². The summed E-state index contributed by atoms with van der Waals surface area (Å²) in [6.07, 6.45) is 0.842. The van der Waals surface area contributed by atoms with E-state index in [-0.39, 0.29) is 6.54 Å². The van der Waals surface area contributed by atoms with Crippen molar-refractivity contribution in [1.29, 1.82) is 0 Å². The van der Waals surface area contributed by atoms with Gasteiger partial charge in [0, 0.05) is 6.54 Å². The van der Waals surface area contributed by atoms with Crippen LogP contribution in [0.15, 0.2) is 0 Å². The fourth-order valence-corrected chi connectivity index (χ4v) is 2.13. The van der Waals surface area contributed by atoms with E-state index in [0.29, 0.717) is 12.8 Å². The highest BCUT2D eigenvalue weighted by Crippen LogP contribution is 2.53. The van der Waals surface area contributed by atoms with Crippen LogP contribution in [0.5, 0.6) is 0 Å². The summed E-state index contributed by atoms with van der Waals surface area (Å²) in [4.78, 5) is 17.9. The molecule has 0 aliphatic carbocycles. The van der Waals surface area contributed by atoms with Gasteiger partial charge in [-0.25, -0.2) is 0 Å². The van der Waals surface area contributed by atoms with E-state index in [1.54, 1.807) is 13.8 Å². The van der Waals surface area contributed by atoms with Crippen LogP contribution in [-0.4, -0.2) is 21.5 Å². The smallest absolute Gasteiger partial charge is 0.329 e. The van der Waals surface area contributed by atoms with E-state index in [9.17, 15) is 4.57 Å². The Kier molecular flexibility index (Phi) is 3.71. The van der Waals surface area contributed by atoms with Gasteiger partial charge < -0.3 is 15.5 Å². The second-order valence-electron chi connectivity index (χ2n) is 2.68. The average Bonchev–Trinajstić information content (AvgIpc) is 1.90. The lowest BCUT2D eigenvalue weighted by Gasteiger charge is -2.30. The molecular formula is C6H16NO3P. The Morgan fingerprint density at radius 3 is 1.73 bits per heavy atom. The predicted molar refractivity (Wildman–Crippen MR) is 44.4 cm³/mol. The normalized spacial score (nSPS) is 13.5. The maximum Gasteiger partial charge on any atom is 0.332 e. The molecule has 0 unspecified atom stereocenters. The molecule has 4 N–H and O–H groups in total. The van der Waals surface area contributed by atoms with Crippen molar-refractivity contribution in [3.8, 4) is 0 Å². The third-order valence-corrected chi connectivity index (χ3v) is 4.36. The van der Waals surface area contributed by atoms with Crippen molar-refractivity contribution in [3.05, 3.63) is 0 Å². The van der Waals surface area contributed by atoms with Gasteiger partial charge in [-0.15, -0.1) is 0 Å². The molecule has 0 aliphatic rings.